The maximum Gasteiger partial charge on any atom is 0.338 e. The van der Waals surface area contributed by atoms with Gasteiger partial charge in [-0.25, -0.2) is 4.79 Å². The number of ether oxygens (including phenoxy) is 5. The number of rotatable bonds is 16. The molecule has 0 bridgehead atoms. The molecule has 0 saturated carbocycles. The highest BCUT2D eigenvalue weighted by atomic mass is 16.5. The number of methoxy groups -OCH3 is 4. The Morgan fingerprint density at radius 3 is 2.15 bits per heavy atom. The number of esters is 1. The standard InChI is InChI=1S/C31H44N2O7/c1-9-14-40-30(35)25-17-29(39-8)27(37-6)15-22(25)12-13-33(4)19-24(34)18-31(20-32,21(2)3)23-10-11-26(36-5)28(16-23)38-7/h10-11,15-17,21,24,34H,9,12-14,18-19H2,1-8H3. The summed E-state index contributed by atoms with van der Waals surface area (Å²) in [7, 11) is 8.10. The number of nitriles is 1. The fourth-order valence-electron chi connectivity index (χ4n) is 4.83. The Morgan fingerprint density at radius 1 is 1.00 bits per heavy atom. The smallest absolute Gasteiger partial charge is 0.338 e. The molecule has 9 nitrogen and oxygen atoms in total. The van der Waals surface area contributed by atoms with Gasteiger partial charge in [-0.2, -0.15) is 5.26 Å². The summed E-state index contributed by atoms with van der Waals surface area (Å²) in [5.41, 5.74) is 1.03. The SMILES string of the molecule is CCCOC(=O)c1cc(OC)c(OC)cc1CCN(C)CC(O)CC(C#N)(c1ccc(OC)c(OC)c1)C(C)C. The first-order valence-electron chi connectivity index (χ1n) is 13.5. The van der Waals surface area contributed by atoms with E-state index >= 15 is 0 Å². The molecule has 0 amide bonds. The molecule has 220 valence electrons. The van der Waals surface area contributed by atoms with Gasteiger partial charge in [0.25, 0.3) is 0 Å². The van der Waals surface area contributed by atoms with Crippen molar-refractivity contribution in [3.05, 3.63) is 47.0 Å². The lowest BCUT2D eigenvalue weighted by Crippen LogP contribution is -2.39. The molecule has 2 aromatic rings. The molecule has 1 N–H and O–H groups in total. The highest BCUT2D eigenvalue weighted by Crippen LogP contribution is 2.40. The maximum atomic E-state index is 12.8. The molecular formula is C31H44N2O7. The van der Waals surface area contributed by atoms with Gasteiger partial charge in [0.15, 0.2) is 23.0 Å². The minimum absolute atomic E-state index is 0.0704. The Morgan fingerprint density at radius 2 is 1.60 bits per heavy atom. The molecule has 0 heterocycles. The van der Waals surface area contributed by atoms with Crippen molar-refractivity contribution in [3.63, 3.8) is 0 Å². The van der Waals surface area contributed by atoms with E-state index in [0.29, 0.717) is 54.7 Å². The Hall–Kier alpha value is -3.48. The molecule has 0 aliphatic carbocycles. The van der Waals surface area contributed by atoms with Crippen LogP contribution in [-0.2, 0) is 16.6 Å². The van der Waals surface area contributed by atoms with Crippen LogP contribution in [0.2, 0.25) is 0 Å². The zero-order valence-corrected chi connectivity index (χ0v) is 25.1. The van der Waals surface area contributed by atoms with E-state index in [2.05, 4.69) is 6.07 Å². The van der Waals surface area contributed by atoms with Crippen molar-refractivity contribution in [1.82, 2.24) is 4.90 Å². The fourth-order valence-corrected chi connectivity index (χ4v) is 4.83. The van der Waals surface area contributed by atoms with Crippen molar-refractivity contribution >= 4 is 5.97 Å². The molecule has 0 radical (unpaired) electrons. The van der Waals surface area contributed by atoms with Gasteiger partial charge >= 0.3 is 5.97 Å². The number of aliphatic hydroxyl groups is 1. The van der Waals surface area contributed by atoms with Crippen LogP contribution < -0.4 is 18.9 Å². The molecule has 0 aliphatic rings. The molecule has 2 aromatic carbocycles. The molecule has 0 saturated heterocycles. The van der Waals surface area contributed by atoms with Crippen molar-refractivity contribution in [2.45, 2.75) is 51.6 Å². The minimum atomic E-state index is -0.931. The van der Waals surface area contributed by atoms with E-state index < -0.39 is 17.5 Å². The van der Waals surface area contributed by atoms with Crippen LogP contribution >= 0.6 is 0 Å². The van der Waals surface area contributed by atoms with Crippen molar-refractivity contribution < 1.29 is 33.6 Å². The number of hydrogen-bond acceptors (Lipinski definition) is 9. The zero-order valence-electron chi connectivity index (χ0n) is 25.1. The van der Waals surface area contributed by atoms with Gasteiger partial charge < -0.3 is 33.7 Å². The molecule has 0 aliphatic heterocycles. The van der Waals surface area contributed by atoms with E-state index in [1.165, 1.54) is 7.11 Å². The quantitative estimate of drug-likeness (QED) is 0.296. The normalized spacial score (nSPS) is 13.3. The third-order valence-electron chi connectivity index (χ3n) is 7.19. The van der Waals surface area contributed by atoms with Crippen LogP contribution in [0.3, 0.4) is 0 Å². The van der Waals surface area contributed by atoms with E-state index in [4.69, 9.17) is 23.7 Å². The Balaban J connectivity index is 2.21. The van der Waals surface area contributed by atoms with E-state index in [1.54, 1.807) is 39.5 Å². The molecule has 40 heavy (non-hydrogen) atoms. The number of likely N-dealkylation sites (N-methyl/N-ethyl adjacent to an activating group) is 1. The molecule has 0 aromatic heterocycles. The summed E-state index contributed by atoms with van der Waals surface area (Å²) in [6.45, 7) is 7.12. The Kier molecular flexibility index (Phi) is 12.6. The van der Waals surface area contributed by atoms with Crippen LogP contribution in [0.5, 0.6) is 23.0 Å². The van der Waals surface area contributed by atoms with Gasteiger partial charge in [-0.15, -0.1) is 0 Å². The largest absolute Gasteiger partial charge is 0.493 e. The van der Waals surface area contributed by atoms with Crippen LogP contribution in [0.25, 0.3) is 0 Å². The van der Waals surface area contributed by atoms with E-state index in [9.17, 15) is 15.2 Å². The topological polar surface area (TPSA) is 110 Å². The van der Waals surface area contributed by atoms with Gasteiger partial charge in [0.2, 0.25) is 0 Å². The second kappa shape index (κ2) is 15.3. The van der Waals surface area contributed by atoms with Crippen LogP contribution in [0, 0.1) is 17.2 Å². The summed E-state index contributed by atoms with van der Waals surface area (Å²) in [5.74, 6) is 1.61. The number of hydrogen-bond donors (Lipinski definition) is 1. The van der Waals surface area contributed by atoms with Crippen molar-refractivity contribution in [1.29, 1.82) is 5.26 Å². The first-order valence-corrected chi connectivity index (χ1v) is 13.5. The molecule has 0 fully saturated rings. The van der Waals surface area contributed by atoms with Gasteiger partial charge in [-0.3, -0.25) is 0 Å². The molecule has 0 spiro atoms. The van der Waals surface area contributed by atoms with E-state index in [-0.39, 0.29) is 12.3 Å². The molecule has 2 rings (SSSR count). The summed E-state index contributed by atoms with van der Waals surface area (Å²) in [6, 6.07) is 11.4. The first kappa shape index (κ1) is 32.7. The number of benzene rings is 2. The van der Waals surface area contributed by atoms with Gasteiger partial charge in [0, 0.05) is 13.1 Å². The lowest BCUT2D eigenvalue weighted by molar-refractivity contribution is 0.0502. The summed E-state index contributed by atoms with van der Waals surface area (Å²) in [6.07, 6.45) is 0.702. The third-order valence-corrected chi connectivity index (χ3v) is 7.19. The van der Waals surface area contributed by atoms with Gasteiger partial charge in [-0.05, 0) is 67.6 Å². The van der Waals surface area contributed by atoms with Crippen molar-refractivity contribution in [3.8, 4) is 29.1 Å². The summed E-state index contributed by atoms with van der Waals surface area (Å²) in [5, 5.41) is 21.5. The van der Waals surface area contributed by atoms with Crippen molar-refractivity contribution in [2.24, 2.45) is 5.92 Å². The Bertz CT molecular complexity index is 1160. The second-order valence-corrected chi connectivity index (χ2v) is 10.2. The van der Waals surface area contributed by atoms with E-state index in [0.717, 1.165) is 17.5 Å². The highest BCUT2D eigenvalue weighted by molar-refractivity contribution is 5.92. The van der Waals surface area contributed by atoms with Gasteiger partial charge in [0.05, 0.1) is 58.2 Å². The maximum absolute atomic E-state index is 12.8. The van der Waals surface area contributed by atoms with Gasteiger partial charge in [0.1, 0.15) is 0 Å². The molecule has 2 atom stereocenters. The Labute approximate surface area is 238 Å². The second-order valence-electron chi connectivity index (χ2n) is 10.2. The predicted octanol–water partition coefficient (Wildman–Crippen LogP) is 4.63. The lowest BCUT2D eigenvalue weighted by atomic mass is 9.69. The summed E-state index contributed by atoms with van der Waals surface area (Å²) >= 11 is 0. The first-order chi connectivity index (χ1) is 19.1. The van der Waals surface area contributed by atoms with Gasteiger partial charge in [-0.1, -0.05) is 26.8 Å². The average molecular weight is 557 g/mol. The van der Waals surface area contributed by atoms with Crippen molar-refractivity contribution in [2.75, 3.05) is 55.2 Å². The van der Waals surface area contributed by atoms with Crippen LogP contribution in [0.1, 0.15) is 55.1 Å². The van der Waals surface area contributed by atoms with Crippen LogP contribution in [0.15, 0.2) is 30.3 Å². The molecule has 9 heteroatoms. The van der Waals surface area contributed by atoms with E-state index in [1.807, 2.05) is 44.9 Å². The fraction of sp³-hybridized carbons (Fsp3) is 0.548. The number of carbonyl (C=O) groups is 1. The van der Waals surface area contributed by atoms with Crippen LogP contribution in [0.4, 0.5) is 0 Å². The number of carbonyl (C=O) groups excluding carboxylic acids is 1. The summed E-state index contributed by atoms with van der Waals surface area (Å²) in [4.78, 5) is 14.8. The number of aliphatic hydroxyl groups excluding tert-OH is 1. The molecule has 2 unspecified atom stereocenters. The third kappa shape index (κ3) is 7.80. The predicted molar refractivity (Wildman–Crippen MR) is 154 cm³/mol. The lowest BCUT2D eigenvalue weighted by Gasteiger charge is -2.34. The summed E-state index contributed by atoms with van der Waals surface area (Å²) < 4.78 is 27.0. The number of nitrogens with zero attached hydrogens (tertiary/aromatic N) is 2. The molecular weight excluding hydrogens is 512 g/mol. The highest BCUT2D eigenvalue weighted by Gasteiger charge is 2.39. The average Bonchev–Trinajstić information content (AvgIpc) is 2.96. The zero-order chi connectivity index (χ0) is 29.9. The van der Waals surface area contributed by atoms with Crippen LogP contribution in [-0.4, -0.2) is 77.3 Å². The minimum Gasteiger partial charge on any atom is -0.493 e. The monoisotopic (exact) mass is 556 g/mol.